The molecule has 22 heavy (non-hydrogen) atoms. The Morgan fingerprint density at radius 1 is 1.36 bits per heavy atom. The van der Waals surface area contributed by atoms with Crippen LogP contribution in [0, 0.1) is 5.92 Å². The highest BCUT2D eigenvalue weighted by molar-refractivity contribution is 9.10. The second-order valence-corrected chi connectivity index (χ2v) is 7.20. The molecule has 1 aliphatic heterocycles. The zero-order valence-electron chi connectivity index (χ0n) is 12.9. The highest BCUT2D eigenvalue weighted by atomic mass is 79.9. The SMILES string of the molecule is C[C@H]1COCCN1C(=O)N[C@H](c1ccc(Br)cc1)C1CCC1. The molecule has 0 aromatic heterocycles. The van der Waals surface area contributed by atoms with Gasteiger partial charge in [-0.05, 0) is 43.4 Å². The summed E-state index contributed by atoms with van der Waals surface area (Å²) >= 11 is 3.47. The second kappa shape index (κ2) is 7.01. The number of hydrogen-bond acceptors (Lipinski definition) is 2. The average molecular weight is 367 g/mol. The van der Waals surface area contributed by atoms with E-state index in [1.54, 1.807) is 0 Å². The third-order valence-corrected chi connectivity index (χ3v) is 5.29. The van der Waals surface area contributed by atoms with Crippen LogP contribution in [0.5, 0.6) is 0 Å². The van der Waals surface area contributed by atoms with Crippen molar-refractivity contribution in [1.82, 2.24) is 10.2 Å². The lowest BCUT2D eigenvalue weighted by Gasteiger charge is -2.38. The standard InChI is InChI=1S/C17H23BrN2O2/c1-12-11-22-10-9-20(12)17(21)19-16(13-3-2-4-13)14-5-7-15(18)8-6-14/h5-8,12-13,16H,2-4,9-11H2,1H3,(H,19,21)/t12-,16-/m0/s1. The maximum atomic E-state index is 12.7. The predicted molar refractivity (Wildman–Crippen MR) is 89.7 cm³/mol. The first-order valence-electron chi connectivity index (χ1n) is 8.05. The van der Waals surface area contributed by atoms with Gasteiger partial charge in [0.15, 0.2) is 0 Å². The van der Waals surface area contributed by atoms with Crippen molar-refractivity contribution in [2.24, 2.45) is 5.92 Å². The highest BCUT2D eigenvalue weighted by Gasteiger charge is 2.32. The van der Waals surface area contributed by atoms with Crippen molar-refractivity contribution in [3.05, 3.63) is 34.3 Å². The van der Waals surface area contributed by atoms with Gasteiger partial charge in [-0.1, -0.05) is 34.5 Å². The number of ether oxygens (including phenoxy) is 1. The van der Waals surface area contributed by atoms with Gasteiger partial charge in [-0.3, -0.25) is 0 Å². The first-order chi connectivity index (χ1) is 10.6. The fourth-order valence-electron chi connectivity index (χ4n) is 3.16. The van der Waals surface area contributed by atoms with Crippen molar-refractivity contribution >= 4 is 22.0 Å². The maximum absolute atomic E-state index is 12.7. The number of urea groups is 1. The molecular weight excluding hydrogens is 344 g/mol. The molecule has 1 heterocycles. The number of nitrogens with zero attached hydrogens (tertiary/aromatic N) is 1. The lowest BCUT2D eigenvalue weighted by molar-refractivity contribution is 0.0174. The molecule has 5 heteroatoms. The van der Waals surface area contributed by atoms with Crippen LogP contribution in [0.15, 0.2) is 28.7 Å². The summed E-state index contributed by atoms with van der Waals surface area (Å²) in [7, 11) is 0. The molecule has 1 saturated carbocycles. The van der Waals surface area contributed by atoms with Gasteiger partial charge in [0.25, 0.3) is 0 Å². The molecule has 3 rings (SSSR count). The molecule has 0 spiro atoms. The van der Waals surface area contributed by atoms with Crippen LogP contribution in [0.25, 0.3) is 0 Å². The van der Waals surface area contributed by atoms with Gasteiger partial charge in [0, 0.05) is 11.0 Å². The highest BCUT2D eigenvalue weighted by Crippen LogP contribution is 2.38. The van der Waals surface area contributed by atoms with Gasteiger partial charge < -0.3 is 15.0 Å². The van der Waals surface area contributed by atoms with Gasteiger partial charge in [0.05, 0.1) is 25.3 Å². The number of rotatable bonds is 3. The van der Waals surface area contributed by atoms with Crippen LogP contribution in [0.3, 0.4) is 0 Å². The fraction of sp³-hybridized carbons (Fsp3) is 0.588. The summed E-state index contributed by atoms with van der Waals surface area (Å²) in [6.07, 6.45) is 3.65. The zero-order valence-corrected chi connectivity index (χ0v) is 14.5. The maximum Gasteiger partial charge on any atom is 0.318 e. The topological polar surface area (TPSA) is 41.6 Å². The Labute approximate surface area is 140 Å². The summed E-state index contributed by atoms with van der Waals surface area (Å²) < 4.78 is 6.48. The molecule has 1 saturated heterocycles. The molecule has 1 aliphatic carbocycles. The van der Waals surface area contributed by atoms with E-state index in [4.69, 9.17) is 4.74 Å². The minimum atomic E-state index is 0.0376. The van der Waals surface area contributed by atoms with Crippen molar-refractivity contribution < 1.29 is 9.53 Å². The molecule has 2 aliphatic rings. The average Bonchev–Trinajstić information content (AvgIpc) is 2.46. The van der Waals surface area contributed by atoms with Gasteiger partial charge in [0.2, 0.25) is 0 Å². The summed E-state index contributed by atoms with van der Waals surface area (Å²) in [5.41, 5.74) is 1.20. The number of halogens is 1. The van der Waals surface area contributed by atoms with Gasteiger partial charge in [0.1, 0.15) is 0 Å². The van der Waals surface area contributed by atoms with E-state index in [1.807, 2.05) is 24.0 Å². The summed E-state index contributed by atoms with van der Waals surface area (Å²) in [5.74, 6) is 0.557. The Morgan fingerprint density at radius 2 is 2.09 bits per heavy atom. The Morgan fingerprint density at radius 3 is 2.68 bits per heavy atom. The van der Waals surface area contributed by atoms with Crippen molar-refractivity contribution in [1.29, 1.82) is 0 Å². The zero-order chi connectivity index (χ0) is 15.5. The van der Waals surface area contributed by atoms with E-state index >= 15 is 0 Å². The third kappa shape index (κ3) is 3.46. The number of nitrogens with one attached hydrogen (secondary N) is 1. The molecule has 120 valence electrons. The molecule has 2 atom stereocenters. The van der Waals surface area contributed by atoms with E-state index in [0.717, 1.165) is 4.47 Å². The molecule has 0 bridgehead atoms. The summed E-state index contributed by atoms with van der Waals surface area (Å²) in [6.45, 7) is 3.96. The molecule has 2 fully saturated rings. The minimum absolute atomic E-state index is 0.0376. The van der Waals surface area contributed by atoms with Crippen LogP contribution in [-0.2, 0) is 4.74 Å². The van der Waals surface area contributed by atoms with Crippen LogP contribution in [0.4, 0.5) is 4.79 Å². The molecule has 0 radical (unpaired) electrons. The van der Waals surface area contributed by atoms with Crippen LogP contribution in [0.2, 0.25) is 0 Å². The van der Waals surface area contributed by atoms with E-state index < -0.39 is 0 Å². The number of carbonyl (C=O) groups is 1. The smallest absolute Gasteiger partial charge is 0.318 e. The van der Waals surface area contributed by atoms with Crippen LogP contribution < -0.4 is 5.32 Å². The molecular formula is C17H23BrN2O2. The van der Waals surface area contributed by atoms with Gasteiger partial charge >= 0.3 is 6.03 Å². The molecule has 2 amide bonds. The van der Waals surface area contributed by atoms with Crippen molar-refractivity contribution in [2.75, 3.05) is 19.8 Å². The lowest BCUT2D eigenvalue weighted by atomic mass is 9.77. The normalized spacial score (nSPS) is 23.7. The van der Waals surface area contributed by atoms with Crippen LogP contribution in [-0.4, -0.2) is 36.7 Å². The Kier molecular flexibility index (Phi) is 5.03. The fourth-order valence-corrected chi connectivity index (χ4v) is 3.43. The molecule has 1 N–H and O–H groups in total. The lowest BCUT2D eigenvalue weighted by Crippen LogP contribution is -2.52. The van der Waals surface area contributed by atoms with E-state index in [9.17, 15) is 4.79 Å². The molecule has 1 aromatic carbocycles. The summed E-state index contributed by atoms with van der Waals surface area (Å²) in [4.78, 5) is 14.6. The van der Waals surface area contributed by atoms with E-state index in [1.165, 1.54) is 24.8 Å². The molecule has 1 aromatic rings. The first kappa shape index (κ1) is 15.8. The number of amides is 2. The van der Waals surface area contributed by atoms with Crippen molar-refractivity contribution in [3.8, 4) is 0 Å². The number of carbonyl (C=O) groups excluding carboxylic acids is 1. The Balaban J connectivity index is 1.72. The van der Waals surface area contributed by atoms with Gasteiger partial charge in [-0.25, -0.2) is 4.79 Å². The van der Waals surface area contributed by atoms with Crippen molar-refractivity contribution in [3.63, 3.8) is 0 Å². The number of benzene rings is 1. The van der Waals surface area contributed by atoms with E-state index in [0.29, 0.717) is 25.7 Å². The Hall–Kier alpha value is -1.07. The summed E-state index contributed by atoms with van der Waals surface area (Å²) in [6, 6.07) is 8.60. The summed E-state index contributed by atoms with van der Waals surface area (Å²) in [5, 5.41) is 3.27. The largest absolute Gasteiger partial charge is 0.377 e. The Bertz CT molecular complexity index is 516. The minimum Gasteiger partial charge on any atom is -0.377 e. The van der Waals surface area contributed by atoms with E-state index in [2.05, 4.69) is 33.4 Å². The monoisotopic (exact) mass is 366 g/mol. The number of hydrogen-bond donors (Lipinski definition) is 1. The quantitative estimate of drug-likeness (QED) is 0.885. The molecule has 0 unspecified atom stereocenters. The first-order valence-corrected chi connectivity index (χ1v) is 8.85. The predicted octanol–water partition coefficient (Wildman–Crippen LogP) is 3.72. The number of morpholine rings is 1. The molecule has 4 nitrogen and oxygen atoms in total. The van der Waals surface area contributed by atoms with Crippen LogP contribution in [0.1, 0.15) is 37.8 Å². The van der Waals surface area contributed by atoms with Gasteiger partial charge in [-0.2, -0.15) is 0 Å². The van der Waals surface area contributed by atoms with Crippen molar-refractivity contribution in [2.45, 2.75) is 38.3 Å². The van der Waals surface area contributed by atoms with Gasteiger partial charge in [-0.15, -0.1) is 0 Å². The van der Waals surface area contributed by atoms with E-state index in [-0.39, 0.29) is 18.1 Å². The second-order valence-electron chi connectivity index (χ2n) is 6.29. The third-order valence-electron chi connectivity index (χ3n) is 4.76. The van der Waals surface area contributed by atoms with Crippen LogP contribution >= 0.6 is 15.9 Å².